The predicted octanol–water partition coefficient (Wildman–Crippen LogP) is 6.00. The number of fused-ring (bicyclic) bond motifs is 1. The van der Waals surface area contributed by atoms with E-state index in [1.165, 1.54) is 0 Å². The van der Waals surface area contributed by atoms with Gasteiger partial charge >= 0.3 is 0 Å². The van der Waals surface area contributed by atoms with Crippen molar-refractivity contribution in [2.75, 3.05) is 6.54 Å². The summed E-state index contributed by atoms with van der Waals surface area (Å²) in [4.78, 5) is 15.3. The van der Waals surface area contributed by atoms with Gasteiger partial charge in [-0.3, -0.25) is 9.89 Å². The molecule has 0 radical (unpaired) electrons. The minimum atomic E-state index is -0.170. The zero-order chi connectivity index (χ0) is 22.6. The monoisotopic (exact) mass is 437 g/mol. The summed E-state index contributed by atoms with van der Waals surface area (Å²) in [5.41, 5.74) is 5.59. The highest BCUT2D eigenvalue weighted by atomic mass is 16.5. The first-order valence-corrected chi connectivity index (χ1v) is 11.5. The third-order valence-electron chi connectivity index (χ3n) is 6.11. The summed E-state index contributed by atoms with van der Waals surface area (Å²) in [6, 6.07) is 28.1. The van der Waals surface area contributed by atoms with Gasteiger partial charge in [-0.25, -0.2) is 0 Å². The number of ether oxygens (including phenoxy) is 1. The van der Waals surface area contributed by atoms with Crippen molar-refractivity contribution in [2.24, 2.45) is 0 Å². The van der Waals surface area contributed by atoms with Crippen LogP contribution < -0.4 is 4.74 Å². The van der Waals surface area contributed by atoms with Gasteiger partial charge in [0.1, 0.15) is 18.1 Å². The van der Waals surface area contributed by atoms with E-state index in [1.54, 1.807) is 0 Å². The average Bonchev–Trinajstić information content (AvgIpc) is 3.42. The molecule has 1 aliphatic heterocycles. The zero-order valence-corrected chi connectivity index (χ0v) is 18.7. The van der Waals surface area contributed by atoms with Crippen molar-refractivity contribution in [3.8, 4) is 17.0 Å². The Balaban J connectivity index is 1.46. The molecule has 1 N–H and O–H groups in total. The number of benzene rings is 3. The van der Waals surface area contributed by atoms with E-state index in [0.717, 1.165) is 46.5 Å². The summed E-state index contributed by atoms with van der Waals surface area (Å²) in [7, 11) is 0. The minimum Gasteiger partial charge on any atom is -0.489 e. The number of carbonyl (C=O) groups excluding carboxylic acids is 1. The predicted molar refractivity (Wildman–Crippen MR) is 129 cm³/mol. The quantitative estimate of drug-likeness (QED) is 0.368. The summed E-state index contributed by atoms with van der Waals surface area (Å²) in [5.74, 6) is 0.824. The van der Waals surface area contributed by atoms with E-state index in [0.29, 0.717) is 18.8 Å². The topological polar surface area (TPSA) is 58.2 Å². The SMILES string of the molecule is CCCCN1C(=O)c2[nH]nc(-c3ccccc3)c2C1c1ccc(OCc2ccccc2)cc1. The molecular formula is C28H27N3O2. The van der Waals surface area contributed by atoms with Gasteiger partial charge in [-0.2, -0.15) is 5.10 Å². The molecule has 0 bridgehead atoms. The molecule has 0 spiro atoms. The van der Waals surface area contributed by atoms with E-state index >= 15 is 0 Å². The van der Waals surface area contributed by atoms with E-state index in [2.05, 4.69) is 41.4 Å². The fourth-order valence-corrected chi connectivity index (χ4v) is 4.41. The van der Waals surface area contributed by atoms with E-state index in [-0.39, 0.29) is 11.9 Å². The van der Waals surface area contributed by atoms with Crippen molar-refractivity contribution >= 4 is 5.91 Å². The van der Waals surface area contributed by atoms with Gasteiger partial charge in [0.05, 0.1) is 11.7 Å². The molecule has 1 aliphatic rings. The minimum absolute atomic E-state index is 0.0162. The second kappa shape index (κ2) is 9.33. The van der Waals surface area contributed by atoms with Crippen LogP contribution in [0.25, 0.3) is 11.3 Å². The highest BCUT2D eigenvalue weighted by Crippen LogP contribution is 2.43. The molecule has 1 amide bonds. The fraction of sp³-hybridized carbons (Fsp3) is 0.214. The Morgan fingerprint density at radius 2 is 1.64 bits per heavy atom. The zero-order valence-electron chi connectivity index (χ0n) is 18.7. The normalized spacial score (nSPS) is 15.0. The molecule has 1 unspecified atom stereocenters. The molecule has 5 rings (SSSR count). The summed E-state index contributed by atoms with van der Waals surface area (Å²) >= 11 is 0. The standard InChI is InChI=1S/C28H27N3O2/c1-2-3-18-31-27(22-14-16-23(17-15-22)33-19-20-10-6-4-7-11-20)24-25(21-12-8-5-9-13-21)29-30-26(24)28(31)32/h4-17,27H,2-3,18-19H2,1H3,(H,29,30). The molecule has 1 aromatic heterocycles. The first-order valence-electron chi connectivity index (χ1n) is 11.5. The summed E-state index contributed by atoms with van der Waals surface area (Å²) in [5, 5.41) is 7.56. The van der Waals surface area contributed by atoms with Gasteiger partial charge in [-0.1, -0.05) is 86.1 Å². The maximum absolute atomic E-state index is 13.3. The van der Waals surface area contributed by atoms with Gasteiger partial charge in [0, 0.05) is 17.7 Å². The Kier molecular flexibility index (Phi) is 5.94. The Hall–Kier alpha value is -3.86. The molecule has 0 saturated carbocycles. The first kappa shape index (κ1) is 21.0. The lowest BCUT2D eigenvalue weighted by molar-refractivity contribution is 0.0741. The number of carbonyl (C=O) groups is 1. The van der Waals surface area contributed by atoms with Crippen LogP contribution >= 0.6 is 0 Å². The van der Waals surface area contributed by atoms with Crippen LogP contribution in [0.15, 0.2) is 84.9 Å². The number of H-pyrrole nitrogens is 1. The van der Waals surface area contributed by atoms with Crippen LogP contribution in [0.2, 0.25) is 0 Å². The highest BCUT2D eigenvalue weighted by Gasteiger charge is 2.41. The number of hydrogen-bond donors (Lipinski definition) is 1. The van der Waals surface area contributed by atoms with Gasteiger partial charge in [-0.05, 0) is 29.7 Å². The van der Waals surface area contributed by atoms with Crippen LogP contribution in [-0.4, -0.2) is 27.5 Å². The summed E-state index contributed by atoms with van der Waals surface area (Å²) < 4.78 is 5.97. The van der Waals surface area contributed by atoms with Crippen LogP contribution in [0.1, 0.15) is 53.0 Å². The molecule has 0 fully saturated rings. The number of hydrogen-bond acceptors (Lipinski definition) is 3. The van der Waals surface area contributed by atoms with E-state index in [9.17, 15) is 4.79 Å². The molecule has 2 heterocycles. The number of unbranched alkanes of at least 4 members (excludes halogenated alkanes) is 1. The molecule has 5 nitrogen and oxygen atoms in total. The summed E-state index contributed by atoms with van der Waals surface area (Å²) in [6.45, 7) is 3.38. The number of aromatic amines is 1. The van der Waals surface area contributed by atoms with Gasteiger partial charge in [0.2, 0.25) is 0 Å². The molecule has 4 aromatic rings. The van der Waals surface area contributed by atoms with Crippen LogP contribution in [0, 0.1) is 0 Å². The van der Waals surface area contributed by atoms with E-state index in [1.807, 2.05) is 65.6 Å². The van der Waals surface area contributed by atoms with Crippen molar-refractivity contribution in [3.05, 3.63) is 107 Å². The second-order valence-corrected chi connectivity index (χ2v) is 8.32. The van der Waals surface area contributed by atoms with Crippen LogP contribution in [0.5, 0.6) is 5.75 Å². The van der Waals surface area contributed by atoms with E-state index in [4.69, 9.17) is 4.74 Å². The first-order chi connectivity index (χ1) is 16.3. The highest BCUT2D eigenvalue weighted by molar-refractivity contribution is 6.00. The molecule has 0 saturated heterocycles. The largest absolute Gasteiger partial charge is 0.489 e. The smallest absolute Gasteiger partial charge is 0.273 e. The van der Waals surface area contributed by atoms with Gasteiger partial charge in [0.25, 0.3) is 5.91 Å². The Morgan fingerprint density at radius 3 is 2.33 bits per heavy atom. The van der Waals surface area contributed by atoms with E-state index < -0.39 is 0 Å². The lowest BCUT2D eigenvalue weighted by atomic mass is 9.96. The number of amides is 1. The second-order valence-electron chi connectivity index (χ2n) is 8.32. The lowest BCUT2D eigenvalue weighted by Gasteiger charge is -2.26. The summed E-state index contributed by atoms with van der Waals surface area (Å²) in [6.07, 6.45) is 1.99. The third-order valence-corrected chi connectivity index (χ3v) is 6.11. The molecule has 166 valence electrons. The number of aromatic nitrogens is 2. The molecule has 5 heteroatoms. The number of nitrogens with one attached hydrogen (secondary N) is 1. The van der Waals surface area contributed by atoms with Gasteiger partial charge < -0.3 is 9.64 Å². The Morgan fingerprint density at radius 1 is 0.939 bits per heavy atom. The van der Waals surface area contributed by atoms with Crippen molar-refractivity contribution < 1.29 is 9.53 Å². The molecule has 1 atom stereocenters. The van der Waals surface area contributed by atoms with Crippen LogP contribution in [0.3, 0.4) is 0 Å². The molecule has 3 aromatic carbocycles. The van der Waals surface area contributed by atoms with Crippen molar-refractivity contribution in [2.45, 2.75) is 32.4 Å². The molecule has 33 heavy (non-hydrogen) atoms. The van der Waals surface area contributed by atoms with Crippen LogP contribution in [0.4, 0.5) is 0 Å². The number of nitrogens with zero attached hydrogens (tertiary/aromatic N) is 2. The van der Waals surface area contributed by atoms with Gasteiger partial charge in [-0.15, -0.1) is 0 Å². The number of rotatable bonds is 8. The molecule has 0 aliphatic carbocycles. The van der Waals surface area contributed by atoms with Crippen molar-refractivity contribution in [1.29, 1.82) is 0 Å². The Labute approximate surface area is 194 Å². The fourth-order valence-electron chi connectivity index (χ4n) is 4.41. The maximum atomic E-state index is 13.3. The maximum Gasteiger partial charge on any atom is 0.273 e. The third kappa shape index (κ3) is 4.14. The van der Waals surface area contributed by atoms with Gasteiger partial charge in [0.15, 0.2) is 0 Å². The van der Waals surface area contributed by atoms with Crippen LogP contribution in [-0.2, 0) is 6.61 Å². The van der Waals surface area contributed by atoms with Crippen molar-refractivity contribution in [3.63, 3.8) is 0 Å². The lowest BCUT2D eigenvalue weighted by Crippen LogP contribution is -2.30. The average molecular weight is 438 g/mol. The van der Waals surface area contributed by atoms with Crippen molar-refractivity contribution in [1.82, 2.24) is 15.1 Å². The Bertz CT molecular complexity index is 1220. The molecular weight excluding hydrogens is 410 g/mol.